The quantitative estimate of drug-likeness (QED) is 0.615. The number of rotatable bonds is 2. The first-order valence-corrected chi connectivity index (χ1v) is 7.07. The van der Waals surface area contributed by atoms with Crippen LogP contribution in [0.4, 0.5) is 5.95 Å². The van der Waals surface area contributed by atoms with Crippen LogP contribution in [0.3, 0.4) is 0 Å². The van der Waals surface area contributed by atoms with Crippen molar-refractivity contribution >= 4 is 5.95 Å². The lowest BCUT2D eigenvalue weighted by Crippen LogP contribution is -2.49. The van der Waals surface area contributed by atoms with Crippen molar-refractivity contribution in [2.75, 3.05) is 5.43 Å². The summed E-state index contributed by atoms with van der Waals surface area (Å²) in [5, 5.41) is 4.63. The van der Waals surface area contributed by atoms with Crippen LogP contribution in [-0.2, 0) is 12.5 Å². The summed E-state index contributed by atoms with van der Waals surface area (Å²) in [6.45, 7) is 0. The van der Waals surface area contributed by atoms with Gasteiger partial charge < -0.3 is 0 Å². The van der Waals surface area contributed by atoms with Crippen molar-refractivity contribution in [3.63, 3.8) is 0 Å². The lowest BCUT2D eigenvalue weighted by molar-refractivity contribution is -0.00938. The highest BCUT2D eigenvalue weighted by molar-refractivity contribution is 5.27. The molecule has 4 bridgehead atoms. The van der Waals surface area contributed by atoms with E-state index < -0.39 is 0 Å². The van der Waals surface area contributed by atoms with Crippen LogP contribution in [-0.4, -0.2) is 14.8 Å². The summed E-state index contributed by atoms with van der Waals surface area (Å²) in [5.74, 6) is 9.98. The molecule has 0 radical (unpaired) electrons. The standard InChI is InChI=1S/C13H21N5/c1-18-12(16-14)15-11(17-18)13-5-8-2-9(6-13)4-10(3-8)7-13/h8-10H,2-7,14H2,1H3,(H,15,16,17). The van der Waals surface area contributed by atoms with Gasteiger partial charge in [-0.1, -0.05) is 0 Å². The van der Waals surface area contributed by atoms with Crippen molar-refractivity contribution in [3.8, 4) is 0 Å². The van der Waals surface area contributed by atoms with Gasteiger partial charge in [0.25, 0.3) is 0 Å². The van der Waals surface area contributed by atoms with Crippen molar-refractivity contribution in [2.45, 2.75) is 43.9 Å². The van der Waals surface area contributed by atoms with Crippen LogP contribution in [0, 0.1) is 17.8 Å². The Labute approximate surface area is 107 Å². The van der Waals surface area contributed by atoms with Gasteiger partial charge in [-0.3, -0.25) is 5.43 Å². The minimum absolute atomic E-state index is 0.265. The molecule has 0 unspecified atom stereocenters. The average molecular weight is 247 g/mol. The van der Waals surface area contributed by atoms with E-state index in [2.05, 4.69) is 15.5 Å². The fraction of sp³-hybridized carbons (Fsp3) is 0.846. The molecule has 0 atom stereocenters. The Bertz CT molecular complexity index is 442. The maximum absolute atomic E-state index is 5.48. The van der Waals surface area contributed by atoms with E-state index in [0.717, 1.165) is 23.6 Å². The molecule has 3 N–H and O–H groups in total. The molecule has 1 aromatic heterocycles. The maximum Gasteiger partial charge on any atom is 0.235 e. The third-order valence-electron chi connectivity index (χ3n) is 5.40. The van der Waals surface area contributed by atoms with Gasteiger partial charge in [0, 0.05) is 12.5 Å². The van der Waals surface area contributed by atoms with Crippen LogP contribution in [0.5, 0.6) is 0 Å². The molecule has 0 spiro atoms. The van der Waals surface area contributed by atoms with Crippen molar-refractivity contribution in [1.82, 2.24) is 14.8 Å². The summed E-state index contributed by atoms with van der Waals surface area (Å²) in [7, 11) is 1.91. The Balaban J connectivity index is 1.74. The number of hydrogen-bond acceptors (Lipinski definition) is 4. The van der Waals surface area contributed by atoms with E-state index in [1.165, 1.54) is 38.5 Å². The molecule has 4 aliphatic carbocycles. The topological polar surface area (TPSA) is 68.8 Å². The van der Waals surface area contributed by atoms with E-state index in [9.17, 15) is 0 Å². The zero-order chi connectivity index (χ0) is 12.3. The maximum atomic E-state index is 5.48. The molecule has 5 heteroatoms. The van der Waals surface area contributed by atoms with Gasteiger partial charge in [-0.05, 0) is 56.3 Å². The first-order chi connectivity index (χ1) is 8.68. The molecule has 0 aliphatic heterocycles. The second kappa shape index (κ2) is 3.47. The van der Waals surface area contributed by atoms with Crippen molar-refractivity contribution in [1.29, 1.82) is 0 Å². The molecular weight excluding hydrogens is 226 g/mol. The highest BCUT2D eigenvalue weighted by atomic mass is 15.4. The molecule has 1 aromatic rings. The Morgan fingerprint density at radius 1 is 1.17 bits per heavy atom. The molecule has 0 amide bonds. The number of nitrogens with two attached hydrogens (primary N) is 1. The second-order valence-electron chi connectivity index (χ2n) is 6.72. The van der Waals surface area contributed by atoms with E-state index in [1.807, 2.05) is 7.05 Å². The molecule has 5 rings (SSSR count). The van der Waals surface area contributed by atoms with Crippen LogP contribution in [0.2, 0.25) is 0 Å². The number of hydrazine groups is 1. The summed E-state index contributed by atoms with van der Waals surface area (Å²) >= 11 is 0. The Kier molecular flexibility index (Phi) is 2.08. The van der Waals surface area contributed by atoms with Gasteiger partial charge in [-0.25, -0.2) is 10.5 Å². The summed E-state index contributed by atoms with van der Waals surface area (Å²) in [4.78, 5) is 4.63. The predicted molar refractivity (Wildman–Crippen MR) is 68.7 cm³/mol. The summed E-state index contributed by atoms with van der Waals surface area (Å²) < 4.78 is 1.77. The van der Waals surface area contributed by atoms with Crippen molar-refractivity contribution in [3.05, 3.63) is 5.82 Å². The number of anilines is 1. The summed E-state index contributed by atoms with van der Waals surface area (Å²) in [6, 6.07) is 0. The SMILES string of the molecule is Cn1nc(C23CC4CC(CC(C4)C2)C3)nc1NN. The van der Waals surface area contributed by atoms with Gasteiger partial charge in [0.05, 0.1) is 0 Å². The lowest BCUT2D eigenvalue weighted by Gasteiger charge is -2.55. The fourth-order valence-electron chi connectivity index (χ4n) is 5.12. The zero-order valence-electron chi connectivity index (χ0n) is 10.9. The molecule has 0 aromatic carbocycles. The van der Waals surface area contributed by atoms with Gasteiger partial charge >= 0.3 is 0 Å². The Morgan fingerprint density at radius 3 is 2.17 bits per heavy atom. The molecule has 4 fully saturated rings. The molecule has 5 nitrogen and oxygen atoms in total. The molecule has 4 aliphatic rings. The van der Waals surface area contributed by atoms with Gasteiger partial charge in [0.1, 0.15) is 0 Å². The Hall–Kier alpha value is -1.10. The normalized spacial score (nSPS) is 41.3. The molecule has 98 valence electrons. The minimum atomic E-state index is 0.265. The number of nitrogens with zero attached hydrogens (tertiary/aromatic N) is 3. The van der Waals surface area contributed by atoms with Gasteiger partial charge in [0.15, 0.2) is 5.82 Å². The van der Waals surface area contributed by atoms with Crippen LogP contribution in [0.1, 0.15) is 44.3 Å². The van der Waals surface area contributed by atoms with Gasteiger partial charge in [0.2, 0.25) is 5.95 Å². The van der Waals surface area contributed by atoms with Crippen molar-refractivity contribution in [2.24, 2.45) is 30.6 Å². The highest BCUT2D eigenvalue weighted by Gasteiger charge is 2.53. The molecule has 0 saturated heterocycles. The zero-order valence-corrected chi connectivity index (χ0v) is 10.9. The van der Waals surface area contributed by atoms with E-state index >= 15 is 0 Å². The van der Waals surface area contributed by atoms with Gasteiger partial charge in [-0.15, -0.1) is 0 Å². The fourth-order valence-corrected chi connectivity index (χ4v) is 5.12. The van der Waals surface area contributed by atoms with Gasteiger partial charge in [-0.2, -0.15) is 10.1 Å². The summed E-state index contributed by atoms with van der Waals surface area (Å²) in [6.07, 6.45) is 8.25. The molecule has 4 saturated carbocycles. The van der Waals surface area contributed by atoms with Crippen molar-refractivity contribution < 1.29 is 0 Å². The molecular formula is C13H21N5. The number of nitrogen functional groups attached to an aromatic ring is 1. The molecule has 18 heavy (non-hydrogen) atoms. The average Bonchev–Trinajstić information content (AvgIpc) is 2.69. The number of nitrogens with one attached hydrogen (secondary N) is 1. The van der Waals surface area contributed by atoms with E-state index in [0.29, 0.717) is 5.95 Å². The van der Waals surface area contributed by atoms with E-state index in [-0.39, 0.29) is 5.41 Å². The van der Waals surface area contributed by atoms with Crippen LogP contribution in [0.15, 0.2) is 0 Å². The molecule has 1 heterocycles. The predicted octanol–water partition coefficient (Wildman–Crippen LogP) is 1.57. The third kappa shape index (κ3) is 1.37. The monoisotopic (exact) mass is 247 g/mol. The van der Waals surface area contributed by atoms with Crippen LogP contribution >= 0.6 is 0 Å². The lowest BCUT2D eigenvalue weighted by atomic mass is 9.49. The van der Waals surface area contributed by atoms with Crippen LogP contribution in [0.25, 0.3) is 0 Å². The van der Waals surface area contributed by atoms with E-state index in [1.54, 1.807) is 4.68 Å². The first-order valence-electron chi connectivity index (χ1n) is 7.07. The number of hydrogen-bond donors (Lipinski definition) is 2. The first kappa shape index (κ1) is 10.8. The third-order valence-corrected chi connectivity index (χ3v) is 5.40. The summed E-state index contributed by atoms with van der Waals surface area (Å²) in [5.41, 5.74) is 2.90. The number of aryl methyl sites for hydroxylation is 1. The minimum Gasteiger partial charge on any atom is -0.293 e. The van der Waals surface area contributed by atoms with E-state index in [4.69, 9.17) is 5.84 Å². The highest BCUT2D eigenvalue weighted by Crippen LogP contribution is 2.60. The number of aromatic nitrogens is 3. The van der Waals surface area contributed by atoms with Crippen LogP contribution < -0.4 is 11.3 Å². The second-order valence-corrected chi connectivity index (χ2v) is 6.72. The largest absolute Gasteiger partial charge is 0.293 e. The Morgan fingerprint density at radius 2 is 1.72 bits per heavy atom. The smallest absolute Gasteiger partial charge is 0.235 e.